The fourth-order valence-electron chi connectivity index (χ4n) is 1.09. The summed E-state index contributed by atoms with van der Waals surface area (Å²) in [6.45, 7) is 0.880. The third-order valence-electron chi connectivity index (χ3n) is 2.01. The van der Waals surface area contributed by atoms with Gasteiger partial charge in [0.1, 0.15) is 6.04 Å². The van der Waals surface area contributed by atoms with Crippen LogP contribution in [-0.4, -0.2) is 29.8 Å². The number of hydrogen-bond donors (Lipinski definition) is 2. The highest BCUT2D eigenvalue weighted by Crippen LogP contribution is 2.17. The molecule has 0 radical (unpaired) electrons. The van der Waals surface area contributed by atoms with E-state index in [9.17, 15) is 4.79 Å². The third kappa shape index (κ3) is 3.69. The molecule has 1 fully saturated rings. The number of epoxide rings is 1. The molecule has 1 aliphatic heterocycles. The third-order valence-corrected chi connectivity index (χ3v) is 2.01. The van der Waals surface area contributed by atoms with E-state index < -0.39 is 12.0 Å². The van der Waals surface area contributed by atoms with E-state index in [1.54, 1.807) is 0 Å². The van der Waals surface area contributed by atoms with Gasteiger partial charge in [-0.25, -0.2) is 0 Å². The predicted octanol–water partition coefficient (Wildman–Crippen LogP) is 0.357. The highest BCUT2D eigenvalue weighted by atomic mass is 16.6. The van der Waals surface area contributed by atoms with Crippen molar-refractivity contribution in [3.63, 3.8) is 0 Å². The topological polar surface area (TPSA) is 75.8 Å². The monoisotopic (exact) mass is 173 g/mol. The zero-order valence-electron chi connectivity index (χ0n) is 7.03. The van der Waals surface area contributed by atoms with Crippen LogP contribution < -0.4 is 5.73 Å². The van der Waals surface area contributed by atoms with Crippen molar-refractivity contribution in [2.45, 2.75) is 37.8 Å². The van der Waals surface area contributed by atoms with Gasteiger partial charge in [0.2, 0.25) is 0 Å². The van der Waals surface area contributed by atoms with Gasteiger partial charge in [-0.1, -0.05) is 12.8 Å². The van der Waals surface area contributed by atoms with Crippen LogP contribution in [0.1, 0.15) is 25.7 Å². The minimum Gasteiger partial charge on any atom is -0.480 e. The van der Waals surface area contributed by atoms with Gasteiger partial charge in [0.15, 0.2) is 0 Å². The zero-order chi connectivity index (χ0) is 8.97. The molecular formula is C8H15NO3. The lowest BCUT2D eigenvalue weighted by atomic mass is 10.1. The Bertz CT molecular complexity index is 156. The lowest BCUT2D eigenvalue weighted by Gasteiger charge is -2.04. The molecule has 0 spiro atoms. The largest absolute Gasteiger partial charge is 0.480 e. The lowest BCUT2D eigenvalue weighted by molar-refractivity contribution is -0.138. The molecule has 0 amide bonds. The van der Waals surface area contributed by atoms with Crippen molar-refractivity contribution in [2.24, 2.45) is 5.73 Å². The van der Waals surface area contributed by atoms with Crippen molar-refractivity contribution >= 4 is 5.97 Å². The SMILES string of the molecule is N[C@@H](CCCC[C@@H]1CO1)C(=O)O. The second-order valence-corrected chi connectivity index (χ2v) is 3.18. The number of carboxylic acids is 1. The van der Waals surface area contributed by atoms with Gasteiger partial charge in [-0.2, -0.15) is 0 Å². The molecule has 0 aromatic heterocycles. The average Bonchev–Trinajstić information content (AvgIpc) is 2.80. The first kappa shape index (κ1) is 9.48. The quantitative estimate of drug-likeness (QED) is 0.449. The minimum atomic E-state index is -0.905. The molecule has 0 saturated carbocycles. The maximum atomic E-state index is 10.3. The maximum absolute atomic E-state index is 10.3. The number of carboxylic acid groups (broad SMARTS) is 1. The van der Waals surface area contributed by atoms with E-state index in [0.29, 0.717) is 12.5 Å². The summed E-state index contributed by atoms with van der Waals surface area (Å²) < 4.78 is 5.02. The second kappa shape index (κ2) is 4.42. The summed E-state index contributed by atoms with van der Waals surface area (Å²) in [4.78, 5) is 10.3. The molecule has 0 unspecified atom stereocenters. The standard InChI is InChI=1S/C8H15NO3/c9-7(8(10)11)4-2-1-3-6-5-12-6/h6-7H,1-5,9H2,(H,10,11)/t6-,7+/m1/s1. The molecule has 4 heteroatoms. The Kier molecular flexibility index (Phi) is 3.49. The molecule has 1 rings (SSSR count). The Labute approximate surface area is 71.7 Å². The molecule has 0 aromatic carbocycles. The van der Waals surface area contributed by atoms with Gasteiger partial charge in [-0.3, -0.25) is 4.79 Å². The molecule has 1 heterocycles. The molecule has 2 atom stereocenters. The predicted molar refractivity (Wildman–Crippen MR) is 43.8 cm³/mol. The number of rotatable bonds is 6. The van der Waals surface area contributed by atoms with Crippen LogP contribution in [0.4, 0.5) is 0 Å². The molecule has 0 aliphatic carbocycles. The summed E-state index contributed by atoms with van der Waals surface area (Å²) in [6.07, 6.45) is 3.97. The van der Waals surface area contributed by atoms with E-state index in [2.05, 4.69) is 0 Å². The molecule has 4 nitrogen and oxygen atoms in total. The van der Waals surface area contributed by atoms with Gasteiger partial charge in [-0.15, -0.1) is 0 Å². The number of unbranched alkanes of at least 4 members (excludes halogenated alkanes) is 1. The first-order chi connectivity index (χ1) is 5.70. The Balaban J connectivity index is 1.89. The summed E-state index contributed by atoms with van der Waals surface area (Å²) in [6, 6.07) is -0.690. The highest BCUT2D eigenvalue weighted by Gasteiger charge is 2.21. The first-order valence-electron chi connectivity index (χ1n) is 4.30. The van der Waals surface area contributed by atoms with E-state index in [0.717, 1.165) is 25.9 Å². The number of nitrogens with two attached hydrogens (primary N) is 1. The fourth-order valence-corrected chi connectivity index (χ4v) is 1.09. The minimum absolute atomic E-state index is 0.450. The smallest absolute Gasteiger partial charge is 0.320 e. The van der Waals surface area contributed by atoms with Gasteiger partial charge in [0.25, 0.3) is 0 Å². The zero-order valence-corrected chi connectivity index (χ0v) is 7.03. The van der Waals surface area contributed by atoms with E-state index >= 15 is 0 Å². The number of carbonyl (C=O) groups is 1. The van der Waals surface area contributed by atoms with Crippen LogP contribution >= 0.6 is 0 Å². The Morgan fingerprint density at radius 1 is 1.67 bits per heavy atom. The van der Waals surface area contributed by atoms with E-state index in [4.69, 9.17) is 15.6 Å². The normalized spacial score (nSPS) is 23.6. The van der Waals surface area contributed by atoms with Gasteiger partial charge in [0.05, 0.1) is 12.7 Å². The van der Waals surface area contributed by atoms with Crippen LogP contribution in [0.5, 0.6) is 0 Å². The molecule has 12 heavy (non-hydrogen) atoms. The Morgan fingerprint density at radius 2 is 2.33 bits per heavy atom. The molecule has 1 saturated heterocycles. The summed E-state index contributed by atoms with van der Waals surface area (Å²) in [7, 11) is 0. The van der Waals surface area contributed by atoms with Crippen molar-refractivity contribution in [1.82, 2.24) is 0 Å². The van der Waals surface area contributed by atoms with Crippen molar-refractivity contribution in [3.8, 4) is 0 Å². The van der Waals surface area contributed by atoms with Crippen molar-refractivity contribution in [1.29, 1.82) is 0 Å². The highest BCUT2D eigenvalue weighted by molar-refractivity contribution is 5.72. The van der Waals surface area contributed by atoms with E-state index in [1.807, 2.05) is 0 Å². The van der Waals surface area contributed by atoms with Crippen LogP contribution in [0.3, 0.4) is 0 Å². The number of hydrogen-bond acceptors (Lipinski definition) is 3. The molecule has 3 N–H and O–H groups in total. The fraction of sp³-hybridized carbons (Fsp3) is 0.875. The van der Waals surface area contributed by atoms with Crippen molar-refractivity contribution in [3.05, 3.63) is 0 Å². The van der Waals surface area contributed by atoms with Crippen LogP contribution in [0.25, 0.3) is 0 Å². The summed E-state index contributed by atoms with van der Waals surface area (Å²) in [5.74, 6) is -0.905. The molecule has 70 valence electrons. The Morgan fingerprint density at radius 3 is 2.83 bits per heavy atom. The molecule has 1 aliphatic rings. The van der Waals surface area contributed by atoms with Crippen molar-refractivity contribution < 1.29 is 14.6 Å². The second-order valence-electron chi connectivity index (χ2n) is 3.18. The summed E-state index contributed by atoms with van der Waals surface area (Å²) in [5.41, 5.74) is 5.32. The first-order valence-corrected chi connectivity index (χ1v) is 4.30. The van der Waals surface area contributed by atoms with Crippen LogP contribution in [0.2, 0.25) is 0 Å². The molecule has 0 aromatic rings. The maximum Gasteiger partial charge on any atom is 0.320 e. The van der Waals surface area contributed by atoms with Crippen LogP contribution in [-0.2, 0) is 9.53 Å². The average molecular weight is 173 g/mol. The number of ether oxygens (including phenoxy) is 1. The molecule has 0 bridgehead atoms. The van der Waals surface area contributed by atoms with Gasteiger partial charge >= 0.3 is 5.97 Å². The summed E-state index contributed by atoms with van der Waals surface area (Å²) in [5, 5.41) is 8.45. The molecular weight excluding hydrogens is 158 g/mol. The van der Waals surface area contributed by atoms with Crippen LogP contribution in [0, 0.1) is 0 Å². The van der Waals surface area contributed by atoms with Gasteiger partial charge in [-0.05, 0) is 12.8 Å². The van der Waals surface area contributed by atoms with Gasteiger partial charge in [0, 0.05) is 0 Å². The Hall–Kier alpha value is -0.610. The van der Waals surface area contributed by atoms with Gasteiger partial charge < -0.3 is 15.6 Å². The van der Waals surface area contributed by atoms with E-state index in [1.165, 1.54) is 0 Å². The lowest BCUT2D eigenvalue weighted by Crippen LogP contribution is -2.29. The van der Waals surface area contributed by atoms with E-state index in [-0.39, 0.29) is 0 Å². The van der Waals surface area contributed by atoms with Crippen LogP contribution in [0.15, 0.2) is 0 Å². The number of aliphatic carboxylic acids is 1. The van der Waals surface area contributed by atoms with Crippen molar-refractivity contribution in [2.75, 3.05) is 6.61 Å². The summed E-state index contributed by atoms with van der Waals surface area (Å²) >= 11 is 0.